The number of unbranched alkanes of at least 4 members (excludes halogenated alkanes) is 21. The van der Waals surface area contributed by atoms with Crippen molar-refractivity contribution in [2.75, 3.05) is 6.61 Å². The Morgan fingerprint density at radius 2 is 0.875 bits per heavy atom. The van der Waals surface area contributed by atoms with Crippen molar-refractivity contribution in [2.45, 2.75) is 168 Å². The summed E-state index contributed by atoms with van der Waals surface area (Å²) in [5.74, 6) is 1.74. The summed E-state index contributed by atoms with van der Waals surface area (Å²) in [5, 5.41) is 0. The Kier molecular flexibility index (Phi) is 21.3. The molecule has 1 aromatic carbocycles. The molecule has 0 radical (unpaired) electrons. The van der Waals surface area contributed by atoms with Crippen molar-refractivity contribution in [2.24, 2.45) is 0 Å². The highest BCUT2D eigenvalue weighted by Crippen LogP contribution is 2.20. The van der Waals surface area contributed by atoms with E-state index in [0.29, 0.717) is 0 Å². The van der Waals surface area contributed by atoms with Gasteiger partial charge in [0.15, 0.2) is 5.82 Å². The Hall–Kier alpha value is -1.90. The molecule has 0 atom stereocenters. The van der Waals surface area contributed by atoms with E-state index in [1.165, 1.54) is 147 Å². The maximum Gasteiger partial charge on any atom is 0.159 e. The third kappa shape index (κ3) is 17.7. The van der Waals surface area contributed by atoms with Gasteiger partial charge in [0.25, 0.3) is 0 Å². The smallest absolute Gasteiger partial charge is 0.159 e. The largest absolute Gasteiger partial charge is 0.494 e. The monoisotopic (exact) mass is 550 g/mol. The molecule has 0 aliphatic carbocycles. The number of hydrogen-bond donors (Lipinski definition) is 0. The molecule has 0 amide bonds. The quantitative estimate of drug-likeness (QED) is 0.104. The van der Waals surface area contributed by atoms with Gasteiger partial charge in [0.05, 0.1) is 6.61 Å². The molecule has 1 heterocycles. The molecule has 0 aliphatic rings. The van der Waals surface area contributed by atoms with Gasteiger partial charge in [-0.3, -0.25) is 0 Å². The molecule has 3 nitrogen and oxygen atoms in total. The van der Waals surface area contributed by atoms with Crippen molar-refractivity contribution in [1.29, 1.82) is 0 Å². The zero-order valence-corrected chi connectivity index (χ0v) is 26.4. The van der Waals surface area contributed by atoms with Gasteiger partial charge in [-0.1, -0.05) is 149 Å². The van der Waals surface area contributed by atoms with Gasteiger partial charge in [-0.25, -0.2) is 9.97 Å². The molecule has 0 fully saturated rings. The Bertz CT molecular complexity index is 802. The van der Waals surface area contributed by atoms with Crippen LogP contribution >= 0.6 is 0 Å². The van der Waals surface area contributed by atoms with Crippen LogP contribution in [0, 0.1) is 0 Å². The minimum Gasteiger partial charge on any atom is -0.494 e. The first kappa shape index (κ1) is 34.3. The van der Waals surface area contributed by atoms with Gasteiger partial charge in [-0.05, 0) is 49.1 Å². The Morgan fingerprint density at radius 1 is 0.475 bits per heavy atom. The van der Waals surface area contributed by atoms with Crippen LogP contribution in [-0.2, 0) is 6.42 Å². The fourth-order valence-corrected chi connectivity index (χ4v) is 5.46. The van der Waals surface area contributed by atoms with E-state index in [0.717, 1.165) is 36.6 Å². The summed E-state index contributed by atoms with van der Waals surface area (Å²) in [6.07, 6.45) is 36.8. The second-order valence-electron chi connectivity index (χ2n) is 12.0. The fourth-order valence-electron chi connectivity index (χ4n) is 5.46. The summed E-state index contributed by atoms with van der Waals surface area (Å²) in [5.41, 5.74) is 2.30. The van der Waals surface area contributed by atoms with E-state index in [1.807, 2.05) is 12.4 Å². The highest BCUT2D eigenvalue weighted by Gasteiger charge is 2.03. The van der Waals surface area contributed by atoms with Crippen molar-refractivity contribution in [3.8, 4) is 17.1 Å². The van der Waals surface area contributed by atoms with E-state index < -0.39 is 0 Å². The van der Waals surface area contributed by atoms with Crippen LogP contribution in [0.15, 0.2) is 36.7 Å². The predicted molar refractivity (Wildman–Crippen MR) is 174 cm³/mol. The number of benzene rings is 1. The van der Waals surface area contributed by atoms with Crippen LogP contribution in [0.4, 0.5) is 0 Å². The zero-order chi connectivity index (χ0) is 28.4. The predicted octanol–water partition coefficient (Wildman–Crippen LogP) is 12.1. The van der Waals surface area contributed by atoms with Crippen molar-refractivity contribution in [3.63, 3.8) is 0 Å². The van der Waals surface area contributed by atoms with Crippen LogP contribution in [0.2, 0.25) is 0 Å². The normalized spacial score (nSPS) is 11.2. The van der Waals surface area contributed by atoms with Gasteiger partial charge >= 0.3 is 0 Å². The minimum atomic E-state index is 0.799. The number of aryl methyl sites for hydroxylation is 1. The lowest BCUT2D eigenvalue weighted by atomic mass is 10.0. The third-order valence-electron chi connectivity index (χ3n) is 8.15. The molecule has 3 heteroatoms. The summed E-state index contributed by atoms with van der Waals surface area (Å²) in [6, 6.07) is 8.26. The number of ether oxygens (including phenoxy) is 1. The third-order valence-corrected chi connectivity index (χ3v) is 8.15. The number of hydrogen-bond acceptors (Lipinski definition) is 3. The summed E-state index contributed by atoms with van der Waals surface area (Å²) < 4.78 is 5.98. The van der Waals surface area contributed by atoms with E-state index >= 15 is 0 Å². The van der Waals surface area contributed by atoms with E-state index in [2.05, 4.69) is 48.1 Å². The molecule has 0 saturated heterocycles. The van der Waals surface area contributed by atoms with Crippen LogP contribution in [0.5, 0.6) is 5.75 Å². The Morgan fingerprint density at radius 3 is 1.32 bits per heavy atom. The molecule has 226 valence electrons. The average Bonchev–Trinajstić information content (AvgIpc) is 2.99. The van der Waals surface area contributed by atoms with Crippen molar-refractivity contribution < 1.29 is 4.74 Å². The van der Waals surface area contributed by atoms with Gasteiger partial charge in [0.1, 0.15) is 5.75 Å². The van der Waals surface area contributed by atoms with Crippen molar-refractivity contribution in [1.82, 2.24) is 9.97 Å². The molecular formula is C37H62N2O. The summed E-state index contributed by atoms with van der Waals surface area (Å²) in [4.78, 5) is 9.23. The molecule has 1 aromatic heterocycles. The first-order valence-electron chi connectivity index (χ1n) is 17.4. The standard InChI is InChI=1S/C37H62N2O/c1-3-5-7-9-11-12-13-14-15-16-17-18-19-21-23-25-31-40-36-29-27-35(28-30-36)37-38-32-34(33-39-37)26-24-22-20-10-8-6-4-2/h27-30,32-33H,3-26,31H2,1-2H3. The van der Waals surface area contributed by atoms with Gasteiger partial charge in [0.2, 0.25) is 0 Å². The zero-order valence-electron chi connectivity index (χ0n) is 26.4. The average molecular weight is 551 g/mol. The lowest BCUT2D eigenvalue weighted by Gasteiger charge is -2.08. The second kappa shape index (κ2) is 24.9. The lowest BCUT2D eigenvalue weighted by molar-refractivity contribution is 0.304. The van der Waals surface area contributed by atoms with Crippen molar-refractivity contribution in [3.05, 3.63) is 42.2 Å². The first-order chi connectivity index (χ1) is 19.8. The van der Waals surface area contributed by atoms with E-state index in [4.69, 9.17) is 4.74 Å². The molecule has 0 spiro atoms. The minimum absolute atomic E-state index is 0.799. The number of rotatable bonds is 27. The van der Waals surface area contributed by atoms with Gasteiger partial charge in [0, 0.05) is 18.0 Å². The molecule has 0 N–H and O–H groups in total. The molecular weight excluding hydrogens is 488 g/mol. The number of aromatic nitrogens is 2. The van der Waals surface area contributed by atoms with Gasteiger partial charge in [-0.15, -0.1) is 0 Å². The molecule has 0 bridgehead atoms. The topological polar surface area (TPSA) is 35.0 Å². The van der Waals surface area contributed by atoms with Crippen LogP contribution in [0.3, 0.4) is 0 Å². The molecule has 0 saturated carbocycles. The maximum atomic E-state index is 5.98. The summed E-state index contributed by atoms with van der Waals surface area (Å²) >= 11 is 0. The van der Waals surface area contributed by atoms with E-state index in [9.17, 15) is 0 Å². The van der Waals surface area contributed by atoms with Crippen LogP contribution in [0.1, 0.15) is 167 Å². The second-order valence-corrected chi connectivity index (χ2v) is 12.0. The van der Waals surface area contributed by atoms with Crippen LogP contribution in [0.25, 0.3) is 11.4 Å². The van der Waals surface area contributed by atoms with Crippen LogP contribution < -0.4 is 4.74 Å². The highest BCUT2D eigenvalue weighted by molar-refractivity contribution is 5.55. The number of nitrogens with zero attached hydrogens (tertiary/aromatic N) is 2. The molecule has 40 heavy (non-hydrogen) atoms. The fraction of sp³-hybridized carbons (Fsp3) is 0.730. The summed E-state index contributed by atoms with van der Waals surface area (Å²) in [6.45, 7) is 5.37. The molecule has 2 aromatic rings. The van der Waals surface area contributed by atoms with E-state index in [1.54, 1.807) is 0 Å². The molecule has 0 aliphatic heterocycles. The van der Waals surface area contributed by atoms with Crippen LogP contribution in [-0.4, -0.2) is 16.6 Å². The highest BCUT2D eigenvalue weighted by atomic mass is 16.5. The molecule has 0 unspecified atom stereocenters. The maximum absolute atomic E-state index is 5.98. The first-order valence-corrected chi connectivity index (χ1v) is 17.4. The SMILES string of the molecule is CCCCCCCCCCCCCCCCCCOc1ccc(-c2ncc(CCCCCCCCC)cn2)cc1. The summed E-state index contributed by atoms with van der Waals surface area (Å²) in [7, 11) is 0. The Balaban J connectivity index is 1.43. The van der Waals surface area contributed by atoms with Crippen molar-refractivity contribution >= 4 is 0 Å². The molecule has 2 rings (SSSR count). The lowest BCUT2D eigenvalue weighted by Crippen LogP contribution is -1.97. The van der Waals surface area contributed by atoms with Gasteiger partial charge in [-0.2, -0.15) is 0 Å². The van der Waals surface area contributed by atoms with E-state index in [-0.39, 0.29) is 0 Å². The van der Waals surface area contributed by atoms with Gasteiger partial charge < -0.3 is 4.74 Å². The Labute approximate surface area is 248 Å².